The Morgan fingerprint density at radius 3 is 2.59 bits per heavy atom. The van der Waals surface area contributed by atoms with Crippen molar-refractivity contribution in [2.75, 3.05) is 0 Å². The van der Waals surface area contributed by atoms with Crippen molar-refractivity contribution in [3.63, 3.8) is 0 Å². The Morgan fingerprint density at radius 2 is 1.89 bits per heavy atom. The van der Waals surface area contributed by atoms with Gasteiger partial charge in [-0.15, -0.1) is 0 Å². The summed E-state index contributed by atoms with van der Waals surface area (Å²) in [5.41, 5.74) is 1.43. The van der Waals surface area contributed by atoms with E-state index in [9.17, 15) is 13.2 Å². The molecule has 4 rings (SSSR count). The topological polar surface area (TPSA) is 72.5 Å². The van der Waals surface area contributed by atoms with Gasteiger partial charge in [-0.3, -0.25) is 4.79 Å². The van der Waals surface area contributed by atoms with E-state index in [2.05, 4.69) is 20.7 Å². The van der Waals surface area contributed by atoms with Crippen LogP contribution in [0.2, 0.25) is 0 Å². The van der Waals surface area contributed by atoms with Gasteiger partial charge < -0.3 is 4.74 Å². The van der Waals surface area contributed by atoms with Gasteiger partial charge in [-0.2, -0.15) is 0 Å². The van der Waals surface area contributed by atoms with E-state index in [4.69, 9.17) is 4.74 Å². The van der Waals surface area contributed by atoms with Gasteiger partial charge in [0.15, 0.2) is 0 Å². The lowest BCUT2D eigenvalue weighted by atomic mass is 10.0. The Morgan fingerprint density at radius 1 is 1.19 bits per heavy atom. The third-order valence-corrected chi connectivity index (χ3v) is 6.90. The number of hydrogen-bond acceptors (Lipinski definition) is 4. The number of ether oxygens (including phenoxy) is 1. The van der Waals surface area contributed by atoms with Gasteiger partial charge in [-0.05, 0) is 55.5 Å². The van der Waals surface area contributed by atoms with E-state index in [1.165, 1.54) is 6.07 Å². The van der Waals surface area contributed by atoms with E-state index < -0.39 is 21.5 Å². The molecule has 2 atom stereocenters. The van der Waals surface area contributed by atoms with Gasteiger partial charge >= 0.3 is 0 Å². The minimum Gasteiger partial charge on any atom is -0.486 e. The first kappa shape index (κ1) is 18.5. The summed E-state index contributed by atoms with van der Waals surface area (Å²) in [6.07, 6.45) is 1.29. The van der Waals surface area contributed by atoms with Crippen LogP contribution in [0.5, 0.6) is 5.75 Å². The number of halogens is 1. The second-order valence-corrected chi connectivity index (χ2v) is 10.3. The zero-order valence-corrected chi connectivity index (χ0v) is 17.4. The van der Waals surface area contributed by atoms with Crippen LogP contribution in [0, 0.1) is 5.92 Å². The molecule has 142 valence electrons. The van der Waals surface area contributed by atoms with Crippen LogP contribution in [-0.4, -0.2) is 19.9 Å². The maximum Gasteiger partial charge on any atom is 0.267 e. The number of nitrogens with one attached hydrogen (secondary N) is 1. The molecule has 27 heavy (non-hydrogen) atoms. The molecule has 1 aliphatic carbocycles. The third kappa shape index (κ3) is 3.62. The number of fused-ring (bicyclic) bond motifs is 1. The molecule has 5 nitrogen and oxygen atoms in total. The predicted molar refractivity (Wildman–Crippen MR) is 105 cm³/mol. The first-order valence-corrected chi connectivity index (χ1v) is 11.1. The van der Waals surface area contributed by atoms with Crippen LogP contribution >= 0.6 is 15.9 Å². The fourth-order valence-electron chi connectivity index (χ4n) is 3.63. The Hall–Kier alpha value is -1.86. The number of carbonyl (C=O) groups excluding carboxylic acids is 1. The highest BCUT2D eigenvalue weighted by Gasteiger charge is 2.45. The molecule has 1 saturated carbocycles. The van der Waals surface area contributed by atoms with Crippen molar-refractivity contribution >= 4 is 31.9 Å². The molecule has 1 heterocycles. The largest absolute Gasteiger partial charge is 0.486 e. The van der Waals surface area contributed by atoms with E-state index in [1.807, 2.05) is 44.2 Å². The summed E-state index contributed by atoms with van der Waals surface area (Å²) >= 11 is 3.39. The Balaban J connectivity index is 1.51. The van der Waals surface area contributed by atoms with Gasteiger partial charge in [0.2, 0.25) is 5.91 Å². The van der Waals surface area contributed by atoms with Crippen molar-refractivity contribution in [2.45, 2.75) is 43.1 Å². The number of sulfonamides is 1. The Bertz CT molecular complexity index is 1010. The molecule has 2 aromatic rings. The highest BCUT2D eigenvalue weighted by atomic mass is 79.9. The van der Waals surface area contributed by atoms with Gasteiger partial charge in [0.1, 0.15) is 16.2 Å². The summed E-state index contributed by atoms with van der Waals surface area (Å²) in [7, 11) is -3.98. The lowest BCUT2D eigenvalue weighted by molar-refractivity contribution is -0.120. The molecule has 0 unspecified atom stereocenters. The average Bonchev–Trinajstić information content (AvgIpc) is 3.30. The molecule has 1 amide bonds. The van der Waals surface area contributed by atoms with Crippen molar-refractivity contribution in [3.8, 4) is 5.75 Å². The second kappa shape index (κ2) is 6.34. The van der Waals surface area contributed by atoms with Crippen molar-refractivity contribution in [1.29, 1.82) is 0 Å². The van der Waals surface area contributed by atoms with E-state index in [0.29, 0.717) is 18.6 Å². The van der Waals surface area contributed by atoms with Gasteiger partial charge in [-0.25, -0.2) is 13.1 Å². The summed E-state index contributed by atoms with van der Waals surface area (Å²) < 4.78 is 34.7. The van der Waals surface area contributed by atoms with Crippen LogP contribution in [0.4, 0.5) is 0 Å². The molecule has 0 bridgehead atoms. The highest BCUT2D eigenvalue weighted by molar-refractivity contribution is 9.10. The van der Waals surface area contributed by atoms with E-state index in [-0.39, 0.29) is 16.7 Å². The van der Waals surface area contributed by atoms with Gasteiger partial charge in [0, 0.05) is 16.8 Å². The van der Waals surface area contributed by atoms with Crippen molar-refractivity contribution < 1.29 is 17.9 Å². The van der Waals surface area contributed by atoms with E-state index in [0.717, 1.165) is 15.6 Å². The van der Waals surface area contributed by atoms with E-state index >= 15 is 0 Å². The molecule has 2 aromatic carbocycles. The van der Waals surface area contributed by atoms with Gasteiger partial charge in [0.05, 0.1) is 0 Å². The zero-order valence-electron chi connectivity index (χ0n) is 15.0. The number of carbonyl (C=O) groups is 1. The Kier molecular flexibility index (Phi) is 4.35. The van der Waals surface area contributed by atoms with Gasteiger partial charge in [-0.1, -0.05) is 40.2 Å². The lowest BCUT2D eigenvalue weighted by Crippen LogP contribution is -2.32. The van der Waals surface area contributed by atoms with Crippen LogP contribution < -0.4 is 9.46 Å². The summed E-state index contributed by atoms with van der Waals surface area (Å²) in [6, 6.07) is 12.8. The molecule has 7 heteroatoms. The minimum absolute atomic E-state index is 0.0276. The van der Waals surface area contributed by atoms with Crippen LogP contribution in [0.3, 0.4) is 0 Å². The van der Waals surface area contributed by atoms with Crippen LogP contribution in [0.25, 0.3) is 0 Å². The standard InChI is InChI=1S/C20H20BrNO4S/c1-20(2)11-13-4-3-5-17(18(13)26-20)27(24,25)22-19(23)16-10-15(16)12-6-8-14(21)9-7-12/h3-9,15-16H,10-11H2,1-2H3,(H,22,23)/t15-,16+/m0/s1. The SMILES string of the molecule is CC1(C)Cc2cccc(S(=O)(=O)NC(=O)[C@@H]3C[C@H]3c3ccc(Br)cc3)c2O1. The smallest absolute Gasteiger partial charge is 0.267 e. The van der Waals surface area contributed by atoms with Crippen molar-refractivity contribution in [2.24, 2.45) is 5.92 Å². The lowest BCUT2D eigenvalue weighted by Gasteiger charge is -2.18. The van der Waals surface area contributed by atoms with Gasteiger partial charge in [0.25, 0.3) is 10.0 Å². The quantitative estimate of drug-likeness (QED) is 0.770. The molecule has 0 radical (unpaired) electrons. The summed E-state index contributed by atoms with van der Waals surface area (Å²) in [5.74, 6) is -0.374. The summed E-state index contributed by atoms with van der Waals surface area (Å²) in [5, 5.41) is 0. The second-order valence-electron chi connectivity index (χ2n) is 7.75. The van der Waals surface area contributed by atoms with Crippen molar-refractivity contribution in [1.82, 2.24) is 4.72 Å². The number of hydrogen-bond donors (Lipinski definition) is 1. The number of para-hydroxylation sites is 1. The molecular formula is C20H20BrNO4S. The van der Waals surface area contributed by atoms with Crippen LogP contribution in [-0.2, 0) is 21.2 Å². The maximum atomic E-state index is 12.8. The molecule has 0 saturated heterocycles. The number of benzene rings is 2. The molecule has 1 fully saturated rings. The van der Waals surface area contributed by atoms with E-state index in [1.54, 1.807) is 6.07 Å². The first-order chi connectivity index (χ1) is 12.7. The number of amides is 1. The van der Waals surface area contributed by atoms with Crippen LogP contribution in [0.15, 0.2) is 51.8 Å². The molecule has 2 aliphatic rings. The van der Waals surface area contributed by atoms with Crippen LogP contribution in [0.1, 0.15) is 37.3 Å². The number of rotatable bonds is 4. The fourth-order valence-corrected chi connectivity index (χ4v) is 5.09. The molecule has 0 spiro atoms. The summed E-state index contributed by atoms with van der Waals surface area (Å²) in [6.45, 7) is 3.82. The third-order valence-electron chi connectivity index (χ3n) is 5.00. The molecule has 0 aromatic heterocycles. The normalized spacial score (nSPS) is 22.6. The fraction of sp³-hybridized carbons (Fsp3) is 0.350. The minimum atomic E-state index is -3.98. The Labute approximate surface area is 167 Å². The van der Waals surface area contributed by atoms with Crippen molar-refractivity contribution in [3.05, 3.63) is 58.1 Å². The molecule has 1 aliphatic heterocycles. The average molecular weight is 450 g/mol. The zero-order chi connectivity index (χ0) is 19.4. The monoisotopic (exact) mass is 449 g/mol. The summed E-state index contributed by atoms with van der Waals surface area (Å²) in [4.78, 5) is 12.6. The highest BCUT2D eigenvalue weighted by Crippen LogP contribution is 2.48. The maximum absolute atomic E-state index is 12.8. The molecule has 1 N–H and O–H groups in total. The molecular weight excluding hydrogens is 430 g/mol. The first-order valence-electron chi connectivity index (χ1n) is 8.79. The predicted octanol–water partition coefficient (Wildman–Crippen LogP) is 3.77.